The molecule has 0 aliphatic heterocycles. The molecule has 11 heteroatoms. The molecule has 9 nitrogen and oxygen atoms in total. The molecular formula is C18H16FN7O2S. The van der Waals surface area contributed by atoms with E-state index in [1.807, 2.05) is 0 Å². The van der Waals surface area contributed by atoms with Gasteiger partial charge in [-0.3, -0.25) is 0 Å². The number of hydrogen-bond acceptors (Lipinski definition) is 8. The molecule has 0 atom stereocenters. The van der Waals surface area contributed by atoms with Crippen LogP contribution in [0.15, 0.2) is 47.6 Å². The number of halogens is 1. The number of nitrogens with one attached hydrogen (secondary N) is 3. The number of H-pyrrole nitrogens is 1. The summed E-state index contributed by atoms with van der Waals surface area (Å²) in [7, 11) is -3.50. The topological polar surface area (TPSA) is 126 Å². The summed E-state index contributed by atoms with van der Waals surface area (Å²) < 4.78 is 37.6. The molecule has 0 saturated heterocycles. The highest BCUT2D eigenvalue weighted by Gasteiger charge is 2.17. The third-order valence-electron chi connectivity index (χ3n) is 3.97. The number of rotatable bonds is 5. The maximum atomic E-state index is 13.5. The van der Waals surface area contributed by atoms with Gasteiger partial charge in [-0.25, -0.2) is 32.7 Å². The lowest BCUT2D eigenvalue weighted by Gasteiger charge is -2.12. The molecule has 4 rings (SSSR count). The second kappa shape index (κ2) is 7.09. The average Bonchev–Trinajstić information content (AvgIpc) is 3.02. The first-order chi connectivity index (χ1) is 13.8. The predicted octanol–water partition coefficient (Wildman–Crippen LogP) is 3.09. The van der Waals surface area contributed by atoms with E-state index in [-0.39, 0.29) is 16.5 Å². The second-order valence-corrected chi connectivity index (χ2v) is 8.29. The van der Waals surface area contributed by atoms with Crippen LogP contribution in [0.1, 0.15) is 5.82 Å². The minimum atomic E-state index is -3.50. The van der Waals surface area contributed by atoms with Crippen molar-refractivity contribution in [3.8, 4) is 0 Å². The van der Waals surface area contributed by atoms with Crippen LogP contribution >= 0.6 is 0 Å². The number of aryl methyl sites for hydroxylation is 1. The highest BCUT2D eigenvalue weighted by atomic mass is 32.2. The Morgan fingerprint density at radius 1 is 1.03 bits per heavy atom. The molecule has 0 saturated carbocycles. The normalized spacial score (nSPS) is 11.6. The smallest absolute Gasteiger partial charge is 0.179 e. The predicted molar refractivity (Wildman–Crippen MR) is 107 cm³/mol. The molecule has 4 aromatic heterocycles. The number of pyridine rings is 3. The molecule has 0 aliphatic carbocycles. The Kier molecular flexibility index (Phi) is 4.59. The van der Waals surface area contributed by atoms with E-state index in [1.54, 1.807) is 19.1 Å². The van der Waals surface area contributed by atoms with E-state index in [2.05, 4.69) is 35.6 Å². The van der Waals surface area contributed by atoms with Crippen molar-refractivity contribution in [2.24, 2.45) is 0 Å². The van der Waals surface area contributed by atoms with E-state index in [4.69, 9.17) is 0 Å². The minimum Gasteiger partial charge on any atom is -0.337 e. The zero-order valence-electron chi connectivity index (χ0n) is 15.4. The summed E-state index contributed by atoms with van der Waals surface area (Å²) in [4.78, 5) is 20.1. The third-order valence-corrected chi connectivity index (χ3v) is 5.10. The van der Waals surface area contributed by atoms with Crippen LogP contribution in [-0.2, 0) is 9.84 Å². The van der Waals surface area contributed by atoms with E-state index in [0.29, 0.717) is 28.5 Å². The molecule has 0 amide bonds. The molecular weight excluding hydrogens is 397 g/mol. The van der Waals surface area contributed by atoms with Crippen molar-refractivity contribution in [1.82, 2.24) is 24.9 Å². The molecule has 3 N–H and O–H groups in total. The lowest BCUT2D eigenvalue weighted by molar-refractivity contribution is 0.602. The highest BCUT2D eigenvalue weighted by molar-refractivity contribution is 7.90. The fourth-order valence-corrected chi connectivity index (χ4v) is 3.56. The zero-order valence-corrected chi connectivity index (χ0v) is 16.2. The van der Waals surface area contributed by atoms with Gasteiger partial charge in [0.25, 0.3) is 0 Å². The summed E-state index contributed by atoms with van der Waals surface area (Å²) in [5.41, 5.74) is 1.44. The minimum absolute atomic E-state index is 0.0542. The Bertz CT molecular complexity index is 1320. The molecule has 4 aromatic rings. The number of aromatic amines is 1. The second-order valence-electron chi connectivity index (χ2n) is 6.31. The first-order valence-electron chi connectivity index (χ1n) is 8.47. The van der Waals surface area contributed by atoms with Crippen molar-refractivity contribution in [3.63, 3.8) is 0 Å². The quantitative estimate of drug-likeness (QED) is 0.456. The van der Waals surface area contributed by atoms with Gasteiger partial charge in [0.2, 0.25) is 0 Å². The van der Waals surface area contributed by atoms with Gasteiger partial charge >= 0.3 is 0 Å². The Balaban J connectivity index is 1.80. The van der Waals surface area contributed by atoms with Gasteiger partial charge in [-0.2, -0.15) is 0 Å². The number of nitrogens with zero attached hydrogens (tertiary/aromatic N) is 4. The Hall–Kier alpha value is -3.60. The number of sulfone groups is 1. The summed E-state index contributed by atoms with van der Waals surface area (Å²) in [6.07, 6.45) is 3.93. The summed E-state index contributed by atoms with van der Waals surface area (Å²) in [5.74, 6) is 0.983. The van der Waals surface area contributed by atoms with Gasteiger partial charge in [-0.05, 0) is 25.1 Å². The van der Waals surface area contributed by atoms with Crippen LogP contribution in [-0.4, -0.2) is 39.6 Å². The fraction of sp³-hybridized carbons (Fsp3) is 0.111. The van der Waals surface area contributed by atoms with Crippen molar-refractivity contribution in [1.29, 1.82) is 0 Å². The lowest BCUT2D eigenvalue weighted by Crippen LogP contribution is -2.05. The van der Waals surface area contributed by atoms with Crippen LogP contribution in [0, 0.1) is 12.7 Å². The van der Waals surface area contributed by atoms with E-state index < -0.39 is 15.7 Å². The van der Waals surface area contributed by atoms with Crippen LogP contribution in [0.25, 0.3) is 11.2 Å². The number of imidazole rings is 1. The van der Waals surface area contributed by atoms with Gasteiger partial charge in [0.1, 0.15) is 39.5 Å². The zero-order chi connectivity index (χ0) is 20.6. The van der Waals surface area contributed by atoms with Crippen molar-refractivity contribution in [2.45, 2.75) is 11.8 Å². The number of aromatic nitrogens is 5. The van der Waals surface area contributed by atoms with E-state index in [0.717, 1.165) is 6.26 Å². The first kappa shape index (κ1) is 18.7. The third kappa shape index (κ3) is 3.99. The fourth-order valence-electron chi connectivity index (χ4n) is 2.78. The molecule has 0 spiro atoms. The van der Waals surface area contributed by atoms with Crippen LogP contribution in [0.4, 0.5) is 27.5 Å². The summed E-state index contributed by atoms with van der Waals surface area (Å²) >= 11 is 0. The van der Waals surface area contributed by atoms with Crippen LogP contribution in [0.2, 0.25) is 0 Å². The summed E-state index contributed by atoms with van der Waals surface area (Å²) in [5, 5.41) is 5.95. The molecule has 0 aromatic carbocycles. The van der Waals surface area contributed by atoms with E-state index in [9.17, 15) is 12.8 Å². The number of fused-ring (bicyclic) bond motifs is 1. The van der Waals surface area contributed by atoms with Gasteiger partial charge in [-0.1, -0.05) is 0 Å². The monoisotopic (exact) mass is 413 g/mol. The highest BCUT2D eigenvalue weighted by Crippen LogP contribution is 2.29. The maximum Gasteiger partial charge on any atom is 0.179 e. The van der Waals surface area contributed by atoms with Crippen LogP contribution < -0.4 is 10.6 Å². The van der Waals surface area contributed by atoms with Crippen molar-refractivity contribution in [3.05, 3.63) is 54.4 Å². The number of hydrogen-bond donors (Lipinski definition) is 3. The molecule has 0 aliphatic rings. The standard InChI is InChI=1S/C18H16FN7O2S/c1-10-22-16-12(24-17-13(29(2,27)28)4-3-6-21-17)9-15(26-18(16)23-10)25-14-8-11(19)5-7-20-14/h3-9H,1-2H3,(H3,20,21,22,23,24,25,26). The van der Waals surface area contributed by atoms with E-state index >= 15 is 0 Å². The SMILES string of the molecule is Cc1nc2c(Nc3ncccc3S(C)(=O)=O)cc(Nc3cc(F)ccn3)nc2[nH]1. The Morgan fingerprint density at radius 3 is 2.62 bits per heavy atom. The van der Waals surface area contributed by atoms with Gasteiger partial charge in [0.05, 0.1) is 5.69 Å². The molecule has 4 heterocycles. The molecule has 0 radical (unpaired) electrons. The van der Waals surface area contributed by atoms with Crippen molar-refractivity contribution in [2.75, 3.05) is 16.9 Å². The molecule has 0 unspecified atom stereocenters. The summed E-state index contributed by atoms with van der Waals surface area (Å²) in [6, 6.07) is 7.11. The molecule has 0 bridgehead atoms. The largest absolute Gasteiger partial charge is 0.337 e. The Morgan fingerprint density at radius 2 is 1.86 bits per heavy atom. The lowest BCUT2D eigenvalue weighted by atomic mass is 10.3. The van der Waals surface area contributed by atoms with E-state index in [1.165, 1.54) is 30.6 Å². The first-order valence-corrected chi connectivity index (χ1v) is 10.4. The van der Waals surface area contributed by atoms with Crippen LogP contribution in [0.3, 0.4) is 0 Å². The van der Waals surface area contributed by atoms with Crippen molar-refractivity contribution < 1.29 is 12.8 Å². The molecule has 29 heavy (non-hydrogen) atoms. The molecule has 148 valence electrons. The number of anilines is 4. The van der Waals surface area contributed by atoms with Crippen LogP contribution in [0.5, 0.6) is 0 Å². The molecule has 0 fully saturated rings. The maximum absolute atomic E-state index is 13.5. The average molecular weight is 413 g/mol. The van der Waals surface area contributed by atoms with Crippen molar-refractivity contribution >= 4 is 44.1 Å². The Labute approximate surface area is 165 Å². The van der Waals surface area contributed by atoms with Gasteiger partial charge in [0, 0.05) is 30.8 Å². The van der Waals surface area contributed by atoms with Gasteiger partial charge in [0.15, 0.2) is 15.5 Å². The van der Waals surface area contributed by atoms with Gasteiger partial charge in [-0.15, -0.1) is 0 Å². The van der Waals surface area contributed by atoms with Gasteiger partial charge < -0.3 is 15.6 Å². The summed E-state index contributed by atoms with van der Waals surface area (Å²) in [6.45, 7) is 1.77.